The van der Waals surface area contributed by atoms with Crippen LogP contribution in [0.25, 0.3) is 0 Å². The van der Waals surface area contributed by atoms with E-state index in [0.717, 1.165) is 5.56 Å². The summed E-state index contributed by atoms with van der Waals surface area (Å²) in [5.41, 5.74) is 6.82. The van der Waals surface area contributed by atoms with Gasteiger partial charge in [-0.25, -0.2) is 0 Å². The van der Waals surface area contributed by atoms with Gasteiger partial charge in [0.1, 0.15) is 6.61 Å². The Labute approximate surface area is 130 Å². The third-order valence-electron chi connectivity index (χ3n) is 3.16. The van der Waals surface area contributed by atoms with Crippen molar-refractivity contribution >= 4 is 0 Å². The van der Waals surface area contributed by atoms with E-state index in [1.807, 2.05) is 44.2 Å². The zero-order valence-corrected chi connectivity index (χ0v) is 13.0. The highest BCUT2D eigenvalue weighted by Crippen LogP contribution is 2.13. The van der Waals surface area contributed by atoms with Gasteiger partial charge in [-0.2, -0.15) is 0 Å². The first-order valence-electron chi connectivity index (χ1n) is 7.19. The molecule has 5 heteroatoms. The van der Waals surface area contributed by atoms with Crippen LogP contribution in [0, 0.1) is 0 Å². The van der Waals surface area contributed by atoms with E-state index in [-0.39, 0.29) is 17.8 Å². The molecule has 0 bridgehead atoms. The molecule has 118 valence electrons. The Morgan fingerprint density at radius 3 is 2.55 bits per heavy atom. The number of pyridine rings is 1. The van der Waals surface area contributed by atoms with Crippen LogP contribution in [0.1, 0.15) is 25.1 Å². The van der Waals surface area contributed by atoms with Gasteiger partial charge in [0, 0.05) is 23.8 Å². The van der Waals surface area contributed by atoms with Crippen LogP contribution in [0.3, 0.4) is 0 Å². The van der Waals surface area contributed by atoms with Gasteiger partial charge in [0.05, 0.1) is 12.8 Å². The van der Waals surface area contributed by atoms with Crippen molar-refractivity contribution in [3.05, 3.63) is 64.1 Å². The van der Waals surface area contributed by atoms with Crippen LogP contribution in [0.15, 0.2) is 47.4 Å². The second-order valence-electron chi connectivity index (χ2n) is 6.04. The molecule has 0 aliphatic heterocycles. The fourth-order valence-corrected chi connectivity index (χ4v) is 2.16. The van der Waals surface area contributed by atoms with Crippen molar-refractivity contribution in [1.29, 1.82) is 0 Å². The van der Waals surface area contributed by atoms with E-state index < -0.39 is 5.54 Å². The quantitative estimate of drug-likeness (QED) is 0.850. The second kappa shape index (κ2) is 6.77. The molecule has 0 saturated carbocycles. The fraction of sp³-hybridized carbons (Fsp3) is 0.353. The van der Waals surface area contributed by atoms with Crippen LogP contribution in [0.5, 0.6) is 5.75 Å². The molecule has 3 N–H and O–H groups in total. The first-order chi connectivity index (χ1) is 10.4. The summed E-state index contributed by atoms with van der Waals surface area (Å²) < 4.78 is 7.39. The molecule has 1 aromatic heterocycles. The normalized spacial score (nSPS) is 11.5. The molecule has 1 aromatic carbocycles. The zero-order chi connectivity index (χ0) is 16.2. The van der Waals surface area contributed by atoms with Crippen molar-refractivity contribution in [2.45, 2.75) is 39.1 Å². The number of nitrogens with two attached hydrogens (primary N) is 1. The lowest BCUT2D eigenvalue weighted by Crippen LogP contribution is -2.38. The Balaban J connectivity index is 2.24. The van der Waals surface area contributed by atoms with E-state index in [1.165, 1.54) is 6.07 Å². The number of aliphatic hydroxyl groups is 1. The van der Waals surface area contributed by atoms with Crippen molar-refractivity contribution in [2.75, 3.05) is 0 Å². The predicted octanol–water partition coefficient (Wildman–Crippen LogP) is 1.66. The van der Waals surface area contributed by atoms with Gasteiger partial charge in [-0.1, -0.05) is 30.3 Å². The summed E-state index contributed by atoms with van der Waals surface area (Å²) in [4.78, 5) is 12.1. The van der Waals surface area contributed by atoms with E-state index in [1.54, 1.807) is 10.8 Å². The average molecular weight is 302 g/mol. The first kappa shape index (κ1) is 16.3. The molecule has 0 fully saturated rings. The lowest BCUT2D eigenvalue weighted by Gasteiger charge is -2.23. The average Bonchev–Trinajstić information content (AvgIpc) is 2.47. The lowest BCUT2D eigenvalue weighted by atomic mass is 10.1. The van der Waals surface area contributed by atoms with Gasteiger partial charge in [-0.05, 0) is 19.4 Å². The molecule has 1 heterocycles. The molecule has 22 heavy (non-hydrogen) atoms. The molecule has 5 nitrogen and oxygen atoms in total. The van der Waals surface area contributed by atoms with Crippen LogP contribution < -0.4 is 15.9 Å². The monoisotopic (exact) mass is 302 g/mol. The number of nitrogens with zero attached hydrogens (tertiary/aromatic N) is 1. The Kier molecular flexibility index (Phi) is 5.00. The van der Waals surface area contributed by atoms with E-state index in [4.69, 9.17) is 10.5 Å². The van der Waals surface area contributed by atoms with Crippen molar-refractivity contribution < 1.29 is 9.84 Å². The van der Waals surface area contributed by atoms with Crippen LogP contribution in [0.4, 0.5) is 0 Å². The van der Waals surface area contributed by atoms with Gasteiger partial charge in [0.2, 0.25) is 5.43 Å². The van der Waals surface area contributed by atoms with E-state index in [0.29, 0.717) is 18.8 Å². The van der Waals surface area contributed by atoms with Crippen LogP contribution in [0.2, 0.25) is 0 Å². The van der Waals surface area contributed by atoms with Gasteiger partial charge >= 0.3 is 0 Å². The van der Waals surface area contributed by atoms with E-state index in [2.05, 4.69) is 0 Å². The highest BCUT2D eigenvalue weighted by molar-refractivity contribution is 5.23. The van der Waals surface area contributed by atoms with E-state index >= 15 is 0 Å². The highest BCUT2D eigenvalue weighted by Gasteiger charge is 2.15. The van der Waals surface area contributed by atoms with Gasteiger partial charge in [0.15, 0.2) is 5.75 Å². The molecular weight excluding hydrogens is 280 g/mol. The number of ether oxygens (including phenoxy) is 1. The van der Waals surface area contributed by atoms with E-state index in [9.17, 15) is 9.90 Å². The lowest BCUT2D eigenvalue weighted by molar-refractivity contribution is 0.260. The Morgan fingerprint density at radius 2 is 1.95 bits per heavy atom. The summed E-state index contributed by atoms with van der Waals surface area (Å²) in [6.07, 6.45) is 1.62. The number of benzene rings is 1. The standard InChI is InChI=1S/C17H22N2O3/c1-17(2,18)12-19-9-16(15(21)8-14(19)10-20)22-11-13-6-4-3-5-7-13/h3-9,20H,10-12,18H2,1-2H3. The molecule has 0 amide bonds. The fourth-order valence-electron chi connectivity index (χ4n) is 2.16. The van der Waals surface area contributed by atoms with Gasteiger partial charge < -0.3 is 20.1 Å². The van der Waals surface area contributed by atoms with Gasteiger partial charge in [0.25, 0.3) is 0 Å². The largest absolute Gasteiger partial charge is 0.483 e. The maximum Gasteiger partial charge on any atom is 0.223 e. The number of rotatable bonds is 6. The third-order valence-corrected chi connectivity index (χ3v) is 3.16. The Hall–Kier alpha value is -2.11. The minimum absolute atomic E-state index is 0.218. The molecule has 2 aromatic rings. The molecule has 0 aliphatic rings. The van der Waals surface area contributed by atoms with Crippen LogP contribution in [-0.2, 0) is 19.8 Å². The minimum Gasteiger partial charge on any atom is -0.483 e. The van der Waals surface area contributed by atoms with Crippen LogP contribution in [-0.4, -0.2) is 15.2 Å². The summed E-state index contributed by atoms with van der Waals surface area (Å²) in [6.45, 7) is 4.35. The summed E-state index contributed by atoms with van der Waals surface area (Å²) in [5.74, 6) is 0.255. The molecule has 0 aliphatic carbocycles. The molecule has 0 atom stereocenters. The van der Waals surface area contributed by atoms with Crippen molar-refractivity contribution in [2.24, 2.45) is 5.73 Å². The summed E-state index contributed by atoms with van der Waals surface area (Å²) in [5, 5.41) is 9.40. The summed E-state index contributed by atoms with van der Waals surface area (Å²) >= 11 is 0. The topological polar surface area (TPSA) is 77.5 Å². The maximum absolute atomic E-state index is 12.1. The Bertz CT molecular complexity index is 673. The number of aliphatic hydroxyl groups excluding tert-OH is 1. The maximum atomic E-state index is 12.1. The Morgan fingerprint density at radius 1 is 1.27 bits per heavy atom. The molecule has 0 radical (unpaired) electrons. The molecule has 0 spiro atoms. The number of hydrogen-bond acceptors (Lipinski definition) is 4. The predicted molar refractivity (Wildman–Crippen MR) is 85.7 cm³/mol. The van der Waals surface area contributed by atoms with Crippen molar-refractivity contribution in [3.8, 4) is 5.75 Å². The SMILES string of the molecule is CC(C)(N)Cn1cc(OCc2ccccc2)c(=O)cc1CO. The van der Waals surface area contributed by atoms with Crippen LogP contribution >= 0.6 is 0 Å². The highest BCUT2D eigenvalue weighted by atomic mass is 16.5. The summed E-state index contributed by atoms with van der Waals surface area (Å²) in [6, 6.07) is 11.0. The second-order valence-corrected chi connectivity index (χ2v) is 6.04. The third kappa shape index (κ3) is 4.44. The summed E-state index contributed by atoms with van der Waals surface area (Å²) in [7, 11) is 0. The zero-order valence-electron chi connectivity index (χ0n) is 13.0. The van der Waals surface area contributed by atoms with Crippen molar-refractivity contribution in [3.63, 3.8) is 0 Å². The molecule has 0 saturated heterocycles. The number of hydrogen-bond donors (Lipinski definition) is 2. The van der Waals surface area contributed by atoms with Gasteiger partial charge in [-0.3, -0.25) is 4.79 Å². The molecule has 2 rings (SSSR count). The molecule has 0 unspecified atom stereocenters. The molecular formula is C17H22N2O3. The number of aromatic nitrogens is 1. The van der Waals surface area contributed by atoms with Crippen molar-refractivity contribution in [1.82, 2.24) is 4.57 Å². The van der Waals surface area contributed by atoms with Gasteiger partial charge in [-0.15, -0.1) is 0 Å². The smallest absolute Gasteiger partial charge is 0.223 e. The first-order valence-corrected chi connectivity index (χ1v) is 7.19. The minimum atomic E-state index is -0.463.